The number of imidazole rings is 1. The largest absolute Gasteiger partial charge is 0.399 e. The number of anilines is 1. The minimum Gasteiger partial charge on any atom is -0.399 e. The first-order chi connectivity index (χ1) is 9.65. The molecule has 0 aliphatic carbocycles. The number of hydrogen-bond donors (Lipinski definition) is 2. The molecule has 5 nitrogen and oxygen atoms in total. The molecule has 0 radical (unpaired) electrons. The van der Waals surface area contributed by atoms with Crippen LogP contribution in [0.4, 0.5) is 5.69 Å². The Balaban J connectivity index is 1.99. The first-order valence-corrected chi connectivity index (χ1v) is 7.16. The first kappa shape index (κ1) is 13.4. The van der Waals surface area contributed by atoms with E-state index in [0.29, 0.717) is 17.4 Å². The van der Waals surface area contributed by atoms with E-state index in [1.165, 1.54) is 0 Å². The Bertz CT molecular complexity index is 600. The van der Waals surface area contributed by atoms with Gasteiger partial charge in [-0.15, -0.1) is 0 Å². The van der Waals surface area contributed by atoms with Gasteiger partial charge in [-0.3, -0.25) is 0 Å². The molecule has 1 fully saturated rings. The van der Waals surface area contributed by atoms with Crippen LogP contribution in [0, 0.1) is 5.92 Å². The van der Waals surface area contributed by atoms with Crippen LogP contribution in [0.25, 0.3) is 11.0 Å². The molecule has 1 aromatic heterocycles. The van der Waals surface area contributed by atoms with E-state index in [4.69, 9.17) is 10.5 Å². The Kier molecular flexibility index (Phi) is 3.63. The Hall–Kier alpha value is -1.59. The number of fused-ring (bicyclic) bond motifs is 1. The Morgan fingerprint density at radius 2 is 2.40 bits per heavy atom. The van der Waals surface area contributed by atoms with Gasteiger partial charge in [-0.05, 0) is 38.0 Å². The number of nitrogen functional groups attached to an aromatic ring is 1. The molecule has 2 aromatic rings. The summed E-state index contributed by atoms with van der Waals surface area (Å²) in [6.45, 7) is 4.23. The minimum atomic E-state index is -0.590. The molecule has 1 aliphatic rings. The van der Waals surface area contributed by atoms with Crippen LogP contribution in [-0.4, -0.2) is 27.9 Å². The van der Waals surface area contributed by atoms with E-state index in [-0.39, 0.29) is 0 Å². The molecule has 108 valence electrons. The average molecular weight is 275 g/mol. The summed E-state index contributed by atoms with van der Waals surface area (Å²) < 4.78 is 7.66. The Labute approximate surface area is 118 Å². The maximum absolute atomic E-state index is 9.96. The highest BCUT2D eigenvalue weighted by Crippen LogP contribution is 2.25. The number of hydrogen-bond acceptors (Lipinski definition) is 4. The monoisotopic (exact) mass is 275 g/mol. The van der Waals surface area contributed by atoms with Crippen molar-refractivity contribution >= 4 is 16.7 Å². The molecule has 2 unspecified atom stereocenters. The van der Waals surface area contributed by atoms with Crippen LogP contribution < -0.4 is 5.73 Å². The lowest BCUT2D eigenvalue weighted by Gasteiger charge is -2.24. The third kappa shape index (κ3) is 2.51. The zero-order valence-electron chi connectivity index (χ0n) is 11.7. The number of nitrogens with zero attached hydrogens (tertiary/aromatic N) is 2. The summed E-state index contributed by atoms with van der Waals surface area (Å²) in [6, 6.07) is 5.71. The molecule has 20 heavy (non-hydrogen) atoms. The number of benzene rings is 1. The topological polar surface area (TPSA) is 73.3 Å². The predicted molar refractivity (Wildman–Crippen MR) is 78.3 cm³/mol. The lowest BCUT2D eigenvalue weighted by Crippen LogP contribution is -2.23. The number of aliphatic hydroxyl groups excluding tert-OH is 1. The zero-order valence-corrected chi connectivity index (χ0v) is 11.7. The fourth-order valence-corrected chi connectivity index (χ4v) is 2.89. The van der Waals surface area contributed by atoms with Gasteiger partial charge in [-0.25, -0.2) is 4.98 Å². The van der Waals surface area contributed by atoms with Crippen LogP contribution >= 0.6 is 0 Å². The maximum atomic E-state index is 9.96. The lowest BCUT2D eigenvalue weighted by atomic mass is 10.0. The van der Waals surface area contributed by atoms with Gasteiger partial charge in [-0.2, -0.15) is 0 Å². The molecule has 0 spiro atoms. The van der Waals surface area contributed by atoms with Crippen LogP contribution in [0.1, 0.15) is 31.7 Å². The maximum Gasteiger partial charge on any atom is 0.138 e. The highest BCUT2D eigenvalue weighted by Gasteiger charge is 2.20. The van der Waals surface area contributed by atoms with Gasteiger partial charge in [0.15, 0.2) is 0 Å². The van der Waals surface area contributed by atoms with Crippen molar-refractivity contribution < 1.29 is 9.84 Å². The van der Waals surface area contributed by atoms with Crippen molar-refractivity contribution in [1.29, 1.82) is 0 Å². The SMILES string of the molecule is CC(O)c1nc2cc(N)ccc2n1CC1CCCOC1. The van der Waals surface area contributed by atoms with Crippen molar-refractivity contribution in [3.8, 4) is 0 Å². The third-order valence-electron chi connectivity index (χ3n) is 3.87. The minimum absolute atomic E-state index is 0.483. The molecule has 0 bridgehead atoms. The van der Waals surface area contributed by atoms with E-state index in [2.05, 4.69) is 9.55 Å². The van der Waals surface area contributed by atoms with Crippen LogP contribution in [0.15, 0.2) is 18.2 Å². The molecule has 1 aromatic carbocycles. The second-order valence-electron chi connectivity index (χ2n) is 5.59. The van der Waals surface area contributed by atoms with Gasteiger partial charge in [0.25, 0.3) is 0 Å². The van der Waals surface area contributed by atoms with Gasteiger partial charge in [0.05, 0.1) is 17.6 Å². The van der Waals surface area contributed by atoms with Gasteiger partial charge in [0.1, 0.15) is 11.9 Å². The second-order valence-corrected chi connectivity index (χ2v) is 5.59. The molecule has 1 aliphatic heterocycles. The molecule has 3 rings (SSSR count). The first-order valence-electron chi connectivity index (χ1n) is 7.16. The van der Waals surface area contributed by atoms with Gasteiger partial charge < -0.3 is 20.1 Å². The third-order valence-corrected chi connectivity index (χ3v) is 3.87. The second kappa shape index (κ2) is 5.42. The molecule has 0 saturated carbocycles. The summed E-state index contributed by atoms with van der Waals surface area (Å²) in [5, 5.41) is 9.96. The summed E-state index contributed by atoms with van der Waals surface area (Å²) in [5.41, 5.74) is 8.38. The van der Waals surface area contributed by atoms with Crippen LogP contribution in [0.5, 0.6) is 0 Å². The molecular weight excluding hydrogens is 254 g/mol. The number of aliphatic hydroxyl groups is 1. The summed E-state index contributed by atoms with van der Waals surface area (Å²) in [5.74, 6) is 1.19. The van der Waals surface area contributed by atoms with Crippen molar-refractivity contribution in [3.05, 3.63) is 24.0 Å². The van der Waals surface area contributed by atoms with Gasteiger partial charge in [-0.1, -0.05) is 0 Å². The highest BCUT2D eigenvalue weighted by molar-refractivity contribution is 5.79. The quantitative estimate of drug-likeness (QED) is 0.841. The molecule has 2 atom stereocenters. The molecular formula is C15H21N3O2. The van der Waals surface area contributed by atoms with Crippen molar-refractivity contribution in [2.45, 2.75) is 32.4 Å². The molecule has 2 heterocycles. The molecule has 3 N–H and O–H groups in total. The smallest absolute Gasteiger partial charge is 0.138 e. The van der Waals surface area contributed by atoms with Crippen LogP contribution in [0.3, 0.4) is 0 Å². The highest BCUT2D eigenvalue weighted by atomic mass is 16.5. The summed E-state index contributed by atoms with van der Waals surface area (Å²) >= 11 is 0. The van der Waals surface area contributed by atoms with Gasteiger partial charge in [0, 0.05) is 24.8 Å². The lowest BCUT2D eigenvalue weighted by molar-refractivity contribution is 0.0475. The number of ether oxygens (including phenoxy) is 1. The molecule has 0 amide bonds. The zero-order chi connectivity index (χ0) is 14.1. The van der Waals surface area contributed by atoms with Gasteiger partial charge >= 0.3 is 0 Å². The van der Waals surface area contributed by atoms with Gasteiger partial charge in [0.2, 0.25) is 0 Å². The normalized spacial score (nSPS) is 21.2. The van der Waals surface area contributed by atoms with Crippen molar-refractivity contribution in [2.24, 2.45) is 5.92 Å². The summed E-state index contributed by atoms with van der Waals surface area (Å²) in [6.07, 6.45) is 1.68. The number of nitrogens with two attached hydrogens (primary N) is 1. The average Bonchev–Trinajstić information content (AvgIpc) is 2.78. The van der Waals surface area contributed by atoms with E-state index in [0.717, 1.165) is 43.6 Å². The van der Waals surface area contributed by atoms with E-state index >= 15 is 0 Å². The predicted octanol–water partition coefficient (Wildman–Crippen LogP) is 2.10. The van der Waals surface area contributed by atoms with E-state index < -0.39 is 6.10 Å². The summed E-state index contributed by atoms with van der Waals surface area (Å²) in [7, 11) is 0. The standard InChI is InChI=1S/C15H21N3O2/c1-10(19)15-17-13-7-12(16)4-5-14(13)18(15)8-11-3-2-6-20-9-11/h4-5,7,10-11,19H,2-3,6,8-9,16H2,1H3. The Morgan fingerprint density at radius 1 is 1.55 bits per heavy atom. The number of aromatic nitrogens is 2. The number of rotatable bonds is 3. The Morgan fingerprint density at radius 3 is 3.10 bits per heavy atom. The van der Waals surface area contributed by atoms with E-state index in [1.54, 1.807) is 6.92 Å². The van der Waals surface area contributed by atoms with Crippen LogP contribution in [0.2, 0.25) is 0 Å². The van der Waals surface area contributed by atoms with Crippen molar-refractivity contribution in [2.75, 3.05) is 18.9 Å². The fourth-order valence-electron chi connectivity index (χ4n) is 2.89. The van der Waals surface area contributed by atoms with Crippen molar-refractivity contribution in [3.63, 3.8) is 0 Å². The van der Waals surface area contributed by atoms with Crippen molar-refractivity contribution in [1.82, 2.24) is 9.55 Å². The summed E-state index contributed by atoms with van der Waals surface area (Å²) in [4.78, 5) is 4.53. The van der Waals surface area contributed by atoms with Crippen LogP contribution in [-0.2, 0) is 11.3 Å². The van der Waals surface area contributed by atoms with E-state index in [9.17, 15) is 5.11 Å². The molecule has 1 saturated heterocycles. The molecule has 5 heteroatoms. The van der Waals surface area contributed by atoms with E-state index in [1.807, 2.05) is 18.2 Å². The fraction of sp³-hybridized carbons (Fsp3) is 0.533.